The lowest BCUT2D eigenvalue weighted by Crippen LogP contribution is -2.41. The number of hydrogen-bond acceptors (Lipinski definition) is 3. The SMILES string of the molecule is CCn1cnnc1C1CN(C(=O)C2(c3ccccc3)CC2)CC12CCC2. The fourth-order valence-corrected chi connectivity index (χ4v) is 5.20. The van der Waals surface area contributed by atoms with Gasteiger partial charge in [-0.15, -0.1) is 10.2 Å². The normalized spacial score (nSPS) is 25.3. The van der Waals surface area contributed by atoms with Gasteiger partial charge in [-0.25, -0.2) is 0 Å². The third kappa shape index (κ3) is 2.19. The lowest BCUT2D eigenvalue weighted by molar-refractivity contribution is -0.133. The number of benzene rings is 1. The number of amides is 1. The molecule has 1 unspecified atom stereocenters. The number of aromatic nitrogens is 3. The van der Waals surface area contributed by atoms with Gasteiger partial charge in [0.2, 0.25) is 5.91 Å². The first-order valence-electron chi connectivity index (χ1n) is 9.91. The molecule has 2 aliphatic carbocycles. The summed E-state index contributed by atoms with van der Waals surface area (Å²) in [6.07, 6.45) is 7.47. The van der Waals surface area contributed by atoms with Crippen LogP contribution in [0.3, 0.4) is 0 Å². The maximum atomic E-state index is 13.5. The molecule has 1 atom stereocenters. The van der Waals surface area contributed by atoms with E-state index in [0.717, 1.165) is 38.3 Å². The Balaban J connectivity index is 1.44. The molecule has 1 spiro atoms. The molecule has 1 aromatic carbocycles. The average molecular weight is 350 g/mol. The number of rotatable bonds is 4. The van der Waals surface area contributed by atoms with Crippen LogP contribution in [0.4, 0.5) is 0 Å². The summed E-state index contributed by atoms with van der Waals surface area (Å²) in [5.74, 6) is 1.74. The summed E-state index contributed by atoms with van der Waals surface area (Å²) >= 11 is 0. The minimum atomic E-state index is -0.264. The molecule has 2 aromatic rings. The van der Waals surface area contributed by atoms with E-state index in [1.165, 1.54) is 24.8 Å². The fraction of sp³-hybridized carbons (Fsp3) is 0.571. The Morgan fingerprint density at radius 2 is 1.96 bits per heavy atom. The van der Waals surface area contributed by atoms with E-state index >= 15 is 0 Å². The molecule has 26 heavy (non-hydrogen) atoms. The van der Waals surface area contributed by atoms with Gasteiger partial charge in [0.25, 0.3) is 0 Å². The van der Waals surface area contributed by atoms with Gasteiger partial charge in [-0.3, -0.25) is 4.79 Å². The van der Waals surface area contributed by atoms with Crippen molar-refractivity contribution in [3.63, 3.8) is 0 Å². The Labute approximate surface area is 154 Å². The Morgan fingerprint density at radius 1 is 1.19 bits per heavy atom. The van der Waals surface area contributed by atoms with Crippen LogP contribution in [0, 0.1) is 5.41 Å². The van der Waals surface area contributed by atoms with Crippen LogP contribution in [0.2, 0.25) is 0 Å². The zero-order valence-electron chi connectivity index (χ0n) is 15.4. The van der Waals surface area contributed by atoms with Crippen LogP contribution >= 0.6 is 0 Å². The van der Waals surface area contributed by atoms with Crippen molar-refractivity contribution in [2.24, 2.45) is 5.41 Å². The molecule has 2 heterocycles. The van der Waals surface area contributed by atoms with Gasteiger partial charge in [-0.05, 0) is 43.6 Å². The zero-order valence-corrected chi connectivity index (χ0v) is 15.4. The van der Waals surface area contributed by atoms with Crippen LogP contribution in [-0.2, 0) is 16.8 Å². The van der Waals surface area contributed by atoms with Gasteiger partial charge >= 0.3 is 0 Å². The zero-order chi connectivity index (χ0) is 17.8. The van der Waals surface area contributed by atoms with E-state index in [2.05, 4.69) is 38.7 Å². The molecule has 5 nitrogen and oxygen atoms in total. The predicted octanol–water partition coefficient (Wildman–Crippen LogP) is 3.13. The Bertz CT molecular complexity index is 820. The van der Waals surface area contributed by atoms with Gasteiger partial charge in [0, 0.05) is 25.6 Å². The van der Waals surface area contributed by atoms with Crippen LogP contribution in [0.25, 0.3) is 0 Å². The van der Waals surface area contributed by atoms with Crippen LogP contribution in [0.1, 0.15) is 56.3 Å². The Kier molecular flexibility index (Phi) is 3.49. The van der Waals surface area contributed by atoms with Gasteiger partial charge < -0.3 is 9.47 Å². The largest absolute Gasteiger partial charge is 0.341 e. The molecule has 5 heteroatoms. The first-order valence-corrected chi connectivity index (χ1v) is 9.91. The summed E-state index contributed by atoms with van der Waals surface area (Å²) in [5, 5.41) is 8.60. The van der Waals surface area contributed by atoms with Crippen LogP contribution in [0.15, 0.2) is 36.7 Å². The molecule has 1 saturated heterocycles. The standard InChI is InChI=1S/C21H26N4O/c1-2-24-15-22-23-18(24)17-13-25(14-20(17)9-6-10-20)19(26)21(11-12-21)16-7-4-3-5-8-16/h3-5,7-8,15,17H,2,6,9-14H2,1H3. The van der Waals surface area contributed by atoms with Crippen molar-refractivity contribution >= 4 is 5.91 Å². The molecular weight excluding hydrogens is 324 g/mol. The van der Waals surface area contributed by atoms with Crippen molar-refractivity contribution < 1.29 is 4.79 Å². The highest BCUT2D eigenvalue weighted by atomic mass is 16.2. The van der Waals surface area contributed by atoms with Crippen molar-refractivity contribution in [1.82, 2.24) is 19.7 Å². The molecule has 2 saturated carbocycles. The number of likely N-dealkylation sites (tertiary alicyclic amines) is 1. The predicted molar refractivity (Wildman–Crippen MR) is 98.7 cm³/mol. The molecule has 0 bridgehead atoms. The topological polar surface area (TPSA) is 51.0 Å². The molecule has 3 aliphatic rings. The maximum absolute atomic E-state index is 13.5. The summed E-state index contributed by atoms with van der Waals surface area (Å²) in [4.78, 5) is 15.7. The minimum Gasteiger partial charge on any atom is -0.341 e. The maximum Gasteiger partial charge on any atom is 0.233 e. The van der Waals surface area contributed by atoms with Crippen LogP contribution < -0.4 is 0 Å². The number of nitrogens with zero attached hydrogens (tertiary/aromatic N) is 4. The van der Waals surface area contributed by atoms with E-state index in [1.54, 1.807) is 0 Å². The summed E-state index contributed by atoms with van der Waals surface area (Å²) in [5.41, 5.74) is 1.15. The summed E-state index contributed by atoms with van der Waals surface area (Å²) in [6, 6.07) is 10.4. The Morgan fingerprint density at radius 3 is 2.58 bits per heavy atom. The van der Waals surface area contributed by atoms with Crippen molar-refractivity contribution in [2.45, 2.75) is 56.9 Å². The molecule has 0 radical (unpaired) electrons. The molecule has 1 aromatic heterocycles. The first kappa shape index (κ1) is 16.0. The summed E-state index contributed by atoms with van der Waals surface area (Å²) in [6.45, 7) is 4.71. The van der Waals surface area contributed by atoms with E-state index in [9.17, 15) is 4.79 Å². The van der Waals surface area contributed by atoms with Gasteiger partial charge in [0.15, 0.2) is 0 Å². The lowest BCUT2D eigenvalue weighted by atomic mass is 9.62. The van der Waals surface area contributed by atoms with Gasteiger partial charge in [-0.1, -0.05) is 36.8 Å². The van der Waals surface area contributed by atoms with Crippen LogP contribution in [0.5, 0.6) is 0 Å². The average Bonchev–Trinajstić information content (AvgIpc) is 3.14. The molecule has 1 aliphatic heterocycles. The molecular formula is C21H26N4O. The third-order valence-electron chi connectivity index (χ3n) is 7.07. The molecule has 0 N–H and O–H groups in total. The van der Waals surface area contributed by atoms with E-state index in [1.807, 2.05) is 24.5 Å². The highest BCUT2D eigenvalue weighted by molar-refractivity contribution is 5.91. The Hall–Kier alpha value is -2.17. The van der Waals surface area contributed by atoms with Gasteiger partial charge in [-0.2, -0.15) is 0 Å². The first-order chi connectivity index (χ1) is 12.7. The molecule has 136 valence electrons. The summed E-state index contributed by atoms with van der Waals surface area (Å²) < 4.78 is 2.16. The molecule has 5 rings (SSSR count). The van der Waals surface area contributed by atoms with E-state index in [-0.39, 0.29) is 10.8 Å². The van der Waals surface area contributed by atoms with Crippen molar-refractivity contribution in [3.05, 3.63) is 48.0 Å². The second kappa shape index (κ2) is 5.66. The van der Waals surface area contributed by atoms with Crippen molar-refractivity contribution in [3.8, 4) is 0 Å². The monoisotopic (exact) mass is 350 g/mol. The number of aryl methyl sites for hydroxylation is 1. The highest BCUT2D eigenvalue weighted by Crippen LogP contribution is 2.57. The fourth-order valence-electron chi connectivity index (χ4n) is 5.20. The lowest BCUT2D eigenvalue weighted by Gasteiger charge is -2.42. The minimum absolute atomic E-state index is 0.225. The number of carbonyl (C=O) groups is 1. The van der Waals surface area contributed by atoms with Gasteiger partial charge in [0.1, 0.15) is 12.2 Å². The van der Waals surface area contributed by atoms with Gasteiger partial charge in [0.05, 0.1) is 5.41 Å². The van der Waals surface area contributed by atoms with E-state index in [4.69, 9.17) is 0 Å². The molecule has 1 amide bonds. The number of hydrogen-bond donors (Lipinski definition) is 0. The number of carbonyl (C=O) groups excluding carboxylic acids is 1. The highest BCUT2D eigenvalue weighted by Gasteiger charge is 2.59. The van der Waals surface area contributed by atoms with Crippen molar-refractivity contribution in [2.75, 3.05) is 13.1 Å². The second-order valence-electron chi connectivity index (χ2n) is 8.38. The quantitative estimate of drug-likeness (QED) is 0.851. The second-order valence-corrected chi connectivity index (χ2v) is 8.38. The van der Waals surface area contributed by atoms with Crippen molar-refractivity contribution in [1.29, 1.82) is 0 Å². The van der Waals surface area contributed by atoms with Crippen LogP contribution in [-0.4, -0.2) is 38.7 Å². The third-order valence-corrected chi connectivity index (χ3v) is 7.07. The summed E-state index contributed by atoms with van der Waals surface area (Å²) in [7, 11) is 0. The van der Waals surface area contributed by atoms with E-state index in [0.29, 0.717) is 11.8 Å². The van der Waals surface area contributed by atoms with E-state index < -0.39 is 0 Å². The molecule has 3 fully saturated rings. The smallest absolute Gasteiger partial charge is 0.233 e.